The Morgan fingerprint density at radius 2 is 1.73 bits per heavy atom. The number of likely N-dealkylation sites (tertiary alicyclic amines) is 2. The number of pyridine rings is 1. The number of rotatable bonds is 12. The van der Waals surface area contributed by atoms with Crippen LogP contribution < -0.4 is 20.3 Å². The number of terminal acetylenes is 1. The zero-order valence-corrected chi connectivity index (χ0v) is 39.9. The number of aryl methyl sites for hydroxylation is 1. The third-order valence-electron chi connectivity index (χ3n) is 15.7. The molecule has 0 saturated carbocycles. The number of phenols is 1. The van der Waals surface area contributed by atoms with Crippen LogP contribution in [0.4, 0.5) is 14.6 Å². The van der Waals surface area contributed by atoms with E-state index in [1.165, 1.54) is 29.8 Å². The van der Waals surface area contributed by atoms with Gasteiger partial charge < -0.3 is 29.9 Å². The zero-order chi connectivity index (χ0) is 48.9. The summed E-state index contributed by atoms with van der Waals surface area (Å²) >= 11 is 0. The van der Waals surface area contributed by atoms with E-state index < -0.39 is 17.6 Å². The van der Waals surface area contributed by atoms with Crippen molar-refractivity contribution in [2.24, 2.45) is 13.0 Å². The van der Waals surface area contributed by atoms with Crippen LogP contribution in [0.1, 0.15) is 99.3 Å². The third-order valence-corrected chi connectivity index (χ3v) is 15.7. The summed E-state index contributed by atoms with van der Waals surface area (Å²) in [6.07, 6.45) is 16.2. The molecule has 5 fully saturated rings. The molecule has 3 amide bonds. The lowest BCUT2D eigenvalue weighted by molar-refractivity contribution is -0.134. The molecular weight excluding hydrogens is 907 g/mol. The lowest BCUT2D eigenvalue weighted by Gasteiger charge is -2.34. The Morgan fingerprint density at radius 3 is 2.49 bits per heavy atom. The number of anilines is 1. The third kappa shape index (κ3) is 9.23. The molecule has 3 unspecified atom stereocenters. The van der Waals surface area contributed by atoms with Gasteiger partial charge in [0.2, 0.25) is 17.7 Å². The standard InChI is InChI=1S/C54H58F2N10O5/c1-3-38-43(55)12-7-34-25-37(67)27-41(47(34)38)50-48(56)51-42(28-57-50)52(66-29-35-8-9-36(30-66)58-35)61-54(60-51)71-24-4-5-31-14-19-64(20-15-31)21-18-46(69)65-22-16-32(17-23-65)33-6-10-39-44(26-33)63(2)62-49(39)40-11-13-45(68)59-53(40)70/h1,6-7,10,12,25-28,31-32,35-36,40,58,67H,4-5,8-9,11,13-24,29-30H2,2H3,(H,59,68,70). The van der Waals surface area contributed by atoms with Crippen molar-refractivity contribution in [2.45, 2.75) is 94.5 Å². The average Bonchev–Trinajstić information content (AvgIpc) is 3.90. The molecule has 71 heavy (non-hydrogen) atoms. The van der Waals surface area contributed by atoms with Gasteiger partial charge in [0.25, 0.3) is 0 Å². The average molecular weight is 965 g/mol. The zero-order valence-electron chi connectivity index (χ0n) is 39.9. The Morgan fingerprint density at radius 1 is 0.944 bits per heavy atom. The number of ether oxygens (including phenoxy) is 1. The molecule has 368 valence electrons. The highest BCUT2D eigenvalue weighted by atomic mass is 19.1. The van der Waals surface area contributed by atoms with Crippen molar-refractivity contribution >= 4 is 56.1 Å². The summed E-state index contributed by atoms with van der Waals surface area (Å²) in [6.45, 7) is 5.82. The van der Waals surface area contributed by atoms with Crippen LogP contribution in [0.25, 0.3) is 43.8 Å². The van der Waals surface area contributed by atoms with Crippen LogP contribution in [0.2, 0.25) is 0 Å². The van der Waals surface area contributed by atoms with Crippen LogP contribution in [0.3, 0.4) is 0 Å². The molecule has 0 radical (unpaired) electrons. The monoisotopic (exact) mass is 964 g/mol. The molecule has 3 aromatic heterocycles. The summed E-state index contributed by atoms with van der Waals surface area (Å²) in [4.78, 5) is 58.3. The number of nitrogens with zero attached hydrogens (tertiary/aromatic N) is 8. The fraction of sp³-hybridized carbons (Fsp3) is 0.463. The highest BCUT2D eigenvalue weighted by Gasteiger charge is 2.35. The number of hydrogen-bond donors (Lipinski definition) is 3. The number of piperazine rings is 1. The van der Waals surface area contributed by atoms with Crippen molar-refractivity contribution in [3.05, 3.63) is 77.1 Å². The first-order valence-corrected chi connectivity index (χ1v) is 25.2. The molecule has 3 N–H and O–H groups in total. The van der Waals surface area contributed by atoms with Crippen molar-refractivity contribution in [3.63, 3.8) is 0 Å². The summed E-state index contributed by atoms with van der Waals surface area (Å²) in [5, 5.41) is 23.5. The topological polar surface area (TPSA) is 171 Å². The van der Waals surface area contributed by atoms with Crippen molar-refractivity contribution in [1.82, 2.24) is 45.2 Å². The fourth-order valence-corrected chi connectivity index (χ4v) is 11.9. The number of carbonyl (C=O) groups excluding carboxylic acids is 3. The predicted molar refractivity (Wildman–Crippen MR) is 265 cm³/mol. The first kappa shape index (κ1) is 46.6. The van der Waals surface area contributed by atoms with Crippen LogP contribution in [0, 0.1) is 29.9 Å². The van der Waals surface area contributed by atoms with E-state index >= 15 is 4.39 Å². The number of halogens is 2. The minimum absolute atomic E-state index is 0.0231. The SMILES string of the molecule is C#Cc1c(F)ccc2cc(O)cc(-c3ncc4c(N5CC6CCC(C5)N6)nc(OCCCC5CCN(CCC(=O)N6CCC(c7ccc8c(C9CCC(=O)NC9=O)nn(C)c8c7)CC6)CC5)nc4c3F)c12. The van der Waals surface area contributed by atoms with Gasteiger partial charge in [-0.3, -0.25) is 29.4 Å². The summed E-state index contributed by atoms with van der Waals surface area (Å²) < 4.78 is 40.0. The highest BCUT2D eigenvalue weighted by Crippen LogP contribution is 2.40. The second kappa shape index (κ2) is 19.4. The number of piperidine rings is 3. The van der Waals surface area contributed by atoms with Crippen molar-refractivity contribution in [2.75, 3.05) is 57.3 Å². The number of imide groups is 1. The van der Waals surface area contributed by atoms with E-state index in [2.05, 4.69) is 54.5 Å². The quantitative estimate of drug-likeness (QED) is 0.0666. The molecule has 0 aliphatic carbocycles. The number of hydrogen-bond acceptors (Lipinski definition) is 12. The van der Waals surface area contributed by atoms with Gasteiger partial charge in [0.05, 0.1) is 34.7 Å². The minimum Gasteiger partial charge on any atom is -0.508 e. The summed E-state index contributed by atoms with van der Waals surface area (Å²) in [5.41, 5.74) is 2.92. The highest BCUT2D eigenvalue weighted by molar-refractivity contribution is 6.04. The van der Waals surface area contributed by atoms with Crippen LogP contribution in [0.15, 0.2) is 48.7 Å². The fourth-order valence-electron chi connectivity index (χ4n) is 11.9. The van der Waals surface area contributed by atoms with Gasteiger partial charge in [-0.25, -0.2) is 8.78 Å². The maximum atomic E-state index is 17.0. The summed E-state index contributed by atoms with van der Waals surface area (Å²) in [7, 11) is 1.89. The smallest absolute Gasteiger partial charge is 0.319 e. The Balaban J connectivity index is 0.679. The first-order chi connectivity index (χ1) is 34.5. The molecule has 8 heterocycles. The number of amides is 3. The summed E-state index contributed by atoms with van der Waals surface area (Å²) in [6, 6.07) is 12.5. The minimum atomic E-state index is -0.743. The lowest BCUT2D eigenvalue weighted by Crippen LogP contribution is -2.51. The second-order valence-electron chi connectivity index (χ2n) is 20.2. The van der Waals surface area contributed by atoms with Crippen LogP contribution >= 0.6 is 0 Å². The van der Waals surface area contributed by atoms with Gasteiger partial charge in [0.1, 0.15) is 28.6 Å². The molecule has 17 heteroatoms. The Hall–Kier alpha value is -6.77. The van der Waals surface area contributed by atoms with E-state index in [4.69, 9.17) is 21.2 Å². The van der Waals surface area contributed by atoms with Gasteiger partial charge in [-0.1, -0.05) is 24.1 Å². The molecule has 2 bridgehead atoms. The lowest BCUT2D eigenvalue weighted by atomic mass is 9.87. The van der Waals surface area contributed by atoms with Gasteiger partial charge in [0, 0.05) is 87.2 Å². The van der Waals surface area contributed by atoms with Gasteiger partial charge in [-0.15, -0.1) is 6.42 Å². The van der Waals surface area contributed by atoms with E-state index in [1.807, 2.05) is 16.6 Å². The number of aromatic nitrogens is 5. The van der Waals surface area contributed by atoms with E-state index in [0.29, 0.717) is 85.2 Å². The number of benzene rings is 3. The Bertz CT molecular complexity index is 3110. The van der Waals surface area contributed by atoms with Gasteiger partial charge in [-0.2, -0.15) is 15.1 Å². The van der Waals surface area contributed by atoms with E-state index in [0.717, 1.165) is 95.0 Å². The first-order valence-electron chi connectivity index (χ1n) is 25.2. The molecule has 3 atom stereocenters. The Labute approximate surface area is 410 Å². The second-order valence-corrected chi connectivity index (χ2v) is 20.2. The molecule has 5 aliphatic heterocycles. The predicted octanol–water partition coefficient (Wildman–Crippen LogP) is 6.82. The molecule has 0 spiro atoms. The molecule has 15 nitrogen and oxygen atoms in total. The van der Waals surface area contributed by atoms with E-state index in [1.54, 1.807) is 6.20 Å². The van der Waals surface area contributed by atoms with Crippen molar-refractivity contribution < 1.29 is 33.0 Å². The molecule has 3 aromatic carbocycles. The van der Waals surface area contributed by atoms with Crippen molar-refractivity contribution in [1.29, 1.82) is 0 Å². The molecule has 5 saturated heterocycles. The van der Waals surface area contributed by atoms with Gasteiger partial charge in [0.15, 0.2) is 5.82 Å². The number of nitrogens with one attached hydrogen (secondary N) is 2. The van der Waals surface area contributed by atoms with E-state index in [9.17, 15) is 23.9 Å². The molecule has 5 aliphatic rings. The Kier molecular flexibility index (Phi) is 12.8. The molecular formula is C54H58F2N10O5. The largest absolute Gasteiger partial charge is 0.508 e. The molecule has 6 aromatic rings. The van der Waals surface area contributed by atoms with Crippen LogP contribution in [-0.2, 0) is 21.4 Å². The number of phenolic OH excluding ortho intramolecular Hbond substituents is 1. The number of carbonyl (C=O) groups is 3. The maximum absolute atomic E-state index is 17.0. The van der Waals surface area contributed by atoms with Crippen LogP contribution in [0.5, 0.6) is 11.8 Å². The maximum Gasteiger partial charge on any atom is 0.319 e. The van der Waals surface area contributed by atoms with E-state index in [-0.39, 0.29) is 57.2 Å². The summed E-state index contributed by atoms with van der Waals surface area (Å²) in [5.74, 6) is 1.53. The van der Waals surface area contributed by atoms with Crippen molar-refractivity contribution in [3.8, 4) is 35.4 Å². The number of fused-ring (bicyclic) bond motifs is 5. The van der Waals surface area contributed by atoms with Gasteiger partial charge >= 0.3 is 6.01 Å². The van der Waals surface area contributed by atoms with Gasteiger partial charge in [-0.05, 0) is 118 Å². The normalized spacial score (nSPS) is 21.4. The molecule has 11 rings (SSSR count). The number of aromatic hydroxyl groups is 1. The van der Waals surface area contributed by atoms with Crippen LogP contribution in [-0.4, -0.2) is 122 Å².